The van der Waals surface area contributed by atoms with Gasteiger partial charge in [-0.25, -0.2) is 9.97 Å². The molecule has 14 heteroatoms. The van der Waals surface area contributed by atoms with Crippen molar-refractivity contribution >= 4 is 35.0 Å². The van der Waals surface area contributed by atoms with E-state index >= 15 is 0 Å². The molecular weight excluding hydrogens is 751 g/mol. The minimum Gasteiger partial charge on any atom is -0.481 e. The first-order valence-corrected chi connectivity index (χ1v) is 19.2. The number of amides is 2. The summed E-state index contributed by atoms with van der Waals surface area (Å²) in [5.74, 6) is 0.868. The Bertz CT molecular complexity index is 2130. The average molecular weight is 792 g/mol. The monoisotopic (exact) mass is 790 g/mol. The van der Waals surface area contributed by atoms with Gasteiger partial charge in [0.15, 0.2) is 0 Å². The number of hydrogen-bond donors (Lipinski definition) is 0. The first-order valence-electron chi connectivity index (χ1n) is 18.5. The zero-order chi connectivity index (χ0) is 39.2. The Morgan fingerprint density at radius 1 is 0.625 bits per heavy atom. The standard InChI is InChI=1S/C42H40Cl2N8O4/c1-55-39-27(17-49-19-41(20-49)23-51(24-41)35(53)13-15-45)9-11-33(47-39)31-7-3-5-29(37(31)43)30-6-4-8-32(38(30)44)34-12-10-28(40(48-34)56-2)18-50-21-42(22-50)25-52(26-42)36(54)14-16-46/h3-12H,13-14,17-26H2,1-2H3. The number of aromatic nitrogens is 2. The maximum Gasteiger partial charge on any atom is 0.236 e. The predicted octanol–water partition coefficient (Wildman–Crippen LogP) is 5.92. The van der Waals surface area contributed by atoms with Crippen LogP contribution in [0.5, 0.6) is 11.8 Å². The number of methoxy groups -OCH3 is 2. The highest BCUT2D eigenvalue weighted by Gasteiger charge is 2.53. The number of ether oxygens (including phenoxy) is 2. The number of nitriles is 2. The third-order valence-electron chi connectivity index (χ3n) is 11.4. The largest absolute Gasteiger partial charge is 0.481 e. The van der Waals surface area contributed by atoms with Gasteiger partial charge in [0.25, 0.3) is 0 Å². The van der Waals surface area contributed by atoms with E-state index in [1.807, 2.05) is 72.8 Å². The molecule has 56 heavy (non-hydrogen) atoms. The van der Waals surface area contributed by atoms with Crippen molar-refractivity contribution in [2.45, 2.75) is 25.9 Å². The minimum atomic E-state index is -0.0935. The highest BCUT2D eigenvalue weighted by Crippen LogP contribution is 2.45. The molecule has 2 amide bonds. The summed E-state index contributed by atoms with van der Waals surface area (Å²) in [5.41, 5.74) is 6.51. The molecule has 4 fully saturated rings. The predicted molar refractivity (Wildman–Crippen MR) is 211 cm³/mol. The molecule has 0 unspecified atom stereocenters. The van der Waals surface area contributed by atoms with Crippen LogP contribution in [0.4, 0.5) is 0 Å². The molecule has 0 atom stereocenters. The zero-order valence-corrected chi connectivity index (χ0v) is 32.7. The second-order valence-corrected chi connectivity index (χ2v) is 16.3. The van der Waals surface area contributed by atoms with Crippen LogP contribution in [0.15, 0.2) is 60.7 Å². The number of pyridine rings is 2. The molecule has 0 saturated carbocycles. The lowest BCUT2D eigenvalue weighted by molar-refractivity contribution is -0.159. The lowest BCUT2D eigenvalue weighted by Crippen LogP contribution is -2.72. The number of benzene rings is 2. The van der Waals surface area contributed by atoms with Gasteiger partial charge < -0.3 is 19.3 Å². The maximum absolute atomic E-state index is 12.0. The number of carbonyl (C=O) groups is 2. The summed E-state index contributed by atoms with van der Waals surface area (Å²) < 4.78 is 11.5. The Balaban J connectivity index is 0.948. The van der Waals surface area contributed by atoms with E-state index in [0.717, 1.165) is 59.6 Å². The van der Waals surface area contributed by atoms with Crippen molar-refractivity contribution in [2.24, 2.45) is 10.8 Å². The molecule has 8 rings (SSSR count). The molecule has 4 aliphatic rings. The Kier molecular flexibility index (Phi) is 10.1. The van der Waals surface area contributed by atoms with Crippen LogP contribution in [-0.4, -0.2) is 108 Å². The molecule has 12 nitrogen and oxygen atoms in total. The van der Waals surface area contributed by atoms with Crippen molar-refractivity contribution in [3.05, 3.63) is 81.8 Å². The third kappa shape index (κ3) is 6.92. The summed E-state index contributed by atoms with van der Waals surface area (Å²) in [4.78, 5) is 42.0. The second kappa shape index (κ2) is 15.0. The molecule has 6 heterocycles. The van der Waals surface area contributed by atoms with Crippen LogP contribution in [0, 0.1) is 33.5 Å². The van der Waals surface area contributed by atoms with Gasteiger partial charge in [-0.15, -0.1) is 0 Å². The number of hydrogen-bond acceptors (Lipinski definition) is 10. The first-order chi connectivity index (χ1) is 27.1. The maximum atomic E-state index is 12.0. The Labute approximate surface area is 335 Å². The summed E-state index contributed by atoms with van der Waals surface area (Å²) in [6, 6.07) is 23.5. The van der Waals surface area contributed by atoms with E-state index in [4.69, 9.17) is 53.2 Å². The number of likely N-dealkylation sites (tertiary alicyclic amines) is 4. The van der Waals surface area contributed by atoms with Crippen LogP contribution in [0.2, 0.25) is 10.0 Å². The van der Waals surface area contributed by atoms with Gasteiger partial charge in [0.1, 0.15) is 12.8 Å². The molecule has 0 aliphatic carbocycles. The van der Waals surface area contributed by atoms with Crippen molar-refractivity contribution in [3.63, 3.8) is 0 Å². The Morgan fingerprint density at radius 3 is 1.36 bits per heavy atom. The summed E-state index contributed by atoms with van der Waals surface area (Å²) in [6.07, 6.45) is -0.131. The average Bonchev–Trinajstić information content (AvgIpc) is 3.13. The fourth-order valence-corrected chi connectivity index (χ4v) is 9.51. The van der Waals surface area contributed by atoms with E-state index in [0.29, 0.717) is 72.5 Å². The number of nitrogens with zero attached hydrogens (tertiary/aromatic N) is 8. The quantitative estimate of drug-likeness (QED) is 0.180. The lowest BCUT2D eigenvalue weighted by Gasteiger charge is -2.60. The molecule has 0 N–H and O–H groups in total. The number of rotatable bonds is 11. The number of carbonyl (C=O) groups excluding carboxylic acids is 2. The van der Waals surface area contributed by atoms with Crippen LogP contribution in [-0.2, 0) is 22.7 Å². The van der Waals surface area contributed by atoms with Crippen LogP contribution >= 0.6 is 23.2 Å². The van der Waals surface area contributed by atoms with Crippen LogP contribution in [0.3, 0.4) is 0 Å². The van der Waals surface area contributed by atoms with Gasteiger partial charge in [0.05, 0.1) is 47.8 Å². The Morgan fingerprint density at radius 2 is 1.00 bits per heavy atom. The second-order valence-electron chi connectivity index (χ2n) is 15.5. The lowest BCUT2D eigenvalue weighted by atomic mass is 9.72. The summed E-state index contributed by atoms with van der Waals surface area (Å²) >= 11 is 14.3. The van der Waals surface area contributed by atoms with Gasteiger partial charge in [-0.1, -0.05) is 71.7 Å². The molecule has 0 radical (unpaired) electrons. The van der Waals surface area contributed by atoms with E-state index in [9.17, 15) is 9.59 Å². The van der Waals surface area contributed by atoms with Crippen molar-refractivity contribution < 1.29 is 19.1 Å². The summed E-state index contributed by atoms with van der Waals surface area (Å²) in [5, 5.41) is 18.7. The van der Waals surface area contributed by atoms with Crippen molar-refractivity contribution in [1.82, 2.24) is 29.6 Å². The molecule has 286 valence electrons. The van der Waals surface area contributed by atoms with Crippen LogP contribution in [0.25, 0.3) is 33.6 Å². The molecule has 2 aromatic heterocycles. The summed E-state index contributed by atoms with van der Waals surface area (Å²) in [6.45, 7) is 7.67. The van der Waals surface area contributed by atoms with Crippen molar-refractivity contribution in [1.29, 1.82) is 10.5 Å². The highest BCUT2D eigenvalue weighted by molar-refractivity contribution is 6.39. The molecule has 2 spiro atoms. The summed E-state index contributed by atoms with van der Waals surface area (Å²) in [7, 11) is 3.23. The van der Waals surface area contributed by atoms with Gasteiger partial charge in [0, 0.05) is 110 Å². The van der Waals surface area contributed by atoms with Gasteiger partial charge in [-0.05, 0) is 12.1 Å². The molecule has 4 saturated heterocycles. The smallest absolute Gasteiger partial charge is 0.236 e. The van der Waals surface area contributed by atoms with Crippen LogP contribution < -0.4 is 9.47 Å². The van der Waals surface area contributed by atoms with E-state index < -0.39 is 0 Å². The van der Waals surface area contributed by atoms with Crippen molar-refractivity contribution in [3.8, 4) is 57.5 Å². The van der Waals surface area contributed by atoms with E-state index in [1.165, 1.54) is 0 Å². The third-order valence-corrected chi connectivity index (χ3v) is 12.2. The fraction of sp³-hybridized carbons (Fsp3) is 0.381. The van der Waals surface area contributed by atoms with E-state index in [-0.39, 0.29) is 35.5 Å². The van der Waals surface area contributed by atoms with Gasteiger partial charge in [-0.3, -0.25) is 19.4 Å². The number of halogens is 2. The van der Waals surface area contributed by atoms with E-state index in [1.54, 1.807) is 24.0 Å². The molecule has 4 aliphatic heterocycles. The van der Waals surface area contributed by atoms with Crippen molar-refractivity contribution in [2.75, 3.05) is 66.6 Å². The normalized spacial score (nSPS) is 17.9. The molecule has 0 bridgehead atoms. The van der Waals surface area contributed by atoms with Gasteiger partial charge in [-0.2, -0.15) is 10.5 Å². The SMILES string of the molecule is COc1nc(-c2cccc(-c3cccc(-c4ccc(CN5CC6(C5)CN(C(=O)CC#N)C6)c(OC)n4)c3Cl)c2Cl)ccc1CN1CC2(C1)CN(C(=O)CC#N)C2. The Hall–Kier alpha value is -5.24. The van der Waals surface area contributed by atoms with Gasteiger partial charge in [0.2, 0.25) is 23.6 Å². The topological polar surface area (TPSA) is 139 Å². The van der Waals surface area contributed by atoms with Gasteiger partial charge >= 0.3 is 0 Å². The molecule has 4 aromatic rings. The first kappa shape index (κ1) is 37.7. The fourth-order valence-electron chi connectivity index (χ4n) is 8.86. The zero-order valence-electron chi connectivity index (χ0n) is 31.2. The molecular formula is C42H40Cl2N8O4. The highest BCUT2D eigenvalue weighted by atomic mass is 35.5. The van der Waals surface area contributed by atoms with E-state index in [2.05, 4.69) is 9.80 Å². The molecule has 2 aromatic carbocycles. The minimum absolute atomic E-state index is 0.0656. The van der Waals surface area contributed by atoms with Crippen LogP contribution in [0.1, 0.15) is 24.0 Å².